The fourth-order valence-electron chi connectivity index (χ4n) is 2.42. The highest BCUT2D eigenvalue weighted by molar-refractivity contribution is 6.30. The molecule has 1 N–H and O–H groups in total. The average molecular weight is 365 g/mol. The SMILES string of the molecule is CCN(CC)CCCNC(=O)c1ccc(COc2cccc(Cl)c2)o1. The number of rotatable bonds is 10. The molecule has 0 saturated heterocycles. The number of carbonyl (C=O) groups excluding carboxylic acids is 1. The Morgan fingerprint density at radius 1 is 1.24 bits per heavy atom. The van der Waals surface area contributed by atoms with E-state index in [1.807, 2.05) is 12.1 Å². The summed E-state index contributed by atoms with van der Waals surface area (Å²) in [6.07, 6.45) is 0.916. The van der Waals surface area contributed by atoms with Crippen molar-refractivity contribution >= 4 is 17.5 Å². The molecular formula is C19H25ClN2O3. The first-order valence-corrected chi connectivity index (χ1v) is 8.97. The Hall–Kier alpha value is -1.98. The molecule has 0 radical (unpaired) electrons. The van der Waals surface area contributed by atoms with E-state index >= 15 is 0 Å². The van der Waals surface area contributed by atoms with E-state index in [2.05, 4.69) is 24.1 Å². The van der Waals surface area contributed by atoms with Crippen molar-refractivity contribution in [3.05, 3.63) is 52.9 Å². The Bertz CT molecular complexity index is 668. The van der Waals surface area contributed by atoms with Gasteiger partial charge in [-0.15, -0.1) is 0 Å². The molecule has 0 atom stereocenters. The van der Waals surface area contributed by atoms with Crippen LogP contribution in [-0.4, -0.2) is 37.0 Å². The first-order chi connectivity index (χ1) is 12.1. The summed E-state index contributed by atoms with van der Waals surface area (Å²) < 4.78 is 11.1. The molecular weight excluding hydrogens is 340 g/mol. The van der Waals surface area contributed by atoms with Crippen LogP contribution in [0.5, 0.6) is 5.75 Å². The van der Waals surface area contributed by atoms with Crippen LogP contribution in [0.2, 0.25) is 5.02 Å². The predicted octanol–water partition coefficient (Wildman–Crippen LogP) is 3.97. The minimum atomic E-state index is -0.200. The van der Waals surface area contributed by atoms with Gasteiger partial charge in [-0.3, -0.25) is 4.79 Å². The van der Waals surface area contributed by atoms with Crippen LogP contribution in [0.25, 0.3) is 0 Å². The molecule has 2 aromatic rings. The second-order valence-electron chi connectivity index (χ2n) is 5.65. The third-order valence-electron chi connectivity index (χ3n) is 3.89. The van der Waals surface area contributed by atoms with Crippen LogP contribution < -0.4 is 10.1 Å². The van der Waals surface area contributed by atoms with Gasteiger partial charge in [0, 0.05) is 11.6 Å². The van der Waals surface area contributed by atoms with Gasteiger partial charge in [0.2, 0.25) is 0 Å². The number of halogens is 1. The minimum Gasteiger partial charge on any atom is -0.486 e. The number of amides is 1. The van der Waals surface area contributed by atoms with Crippen molar-refractivity contribution in [2.75, 3.05) is 26.2 Å². The highest BCUT2D eigenvalue weighted by Gasteiger charge is 2.11. The van der Waals surface area contributed by atoms with E-state index in [-0.39, 0.29) is 12.5 Å². The molecule has 2 rings (SSSR count). The summed E-state index contributed by atoms with van der Waals surface area (Å²) in [5.74, 6) is 1.35. The van der Waals surface area contributed by atoms with Gasteiger partial charge in [-0.2, -0.15) is 0 Å². The van der Waals surface area contributed by atoms with E-state index in [0.29, 0.717) is 28.8 Å². The summed E-state index contributed by atoms with van der Waals surface area (Å²) in [4.78, 5) is 14.4. The average Bonchev–Trinajstić information content (AvgIpc) is 3.09. The molecule has 5 nitrogen and oxygen atoms in total. The summed E-state index contributed by atoms with van der Waals surface area (Å²) >= 11 is 5.91. The molecule has 1 aromatic heterocycles. The number of carbonyl (C=O) groups is 1. The van der Waals surface area contributed by atoms with Gasteiger partial charge in [-0.1, -0.05) is 31.5 Å². The predicted molar refractivity (Wildman–Crippen MR) is 99.2 cm³/mol. The van der Waals surface area contributed by atoms with Gasteiger partial charge in [0.25, 0.3) is 5.91 Å². The third-order valence-corrected chi connectivity index (χ3v) is 4.13. The molecule has 0 aliphatic rings. The molecule has 0 aliphatic heterocycles. The highest BCUT2D eigenvalue weighted by atomic mass is 35.5. The molecule has 1 amide bonds. The van der Waals surface area contributed by atoms with E-state index in [1.54, 1.807) is 24.3 Å². The first-order valence-electron chi connectivity index (χ1n) is 8.60. The van der Waals surface area contributed by atoms with Crippen LogP contribution in [0.1, 0.15) is 36.6 Å². The molecule has 0 fully saturated rings. The second kappa shape index (κ2) is 10.1. The topological polar surface area (TPSA) is 54.7 Å². The fraction of sp³-hybridized carbons (Fsp3) is 0.421. The van der Waals surface area contributed by atoms with Crippen molar-refractivity contribution in [1.29, 1.82) is 0 Å². The molecule has 136 valence electrons. The maximum Gasteiger partial charge on any atom is 0.286 e. The molecule has 0 bridgehead atoms. The van der Waals surface area contributed by atoms with Gasteiger partial charge in [-0.05, 0) is 56.4 Å². The van der Waals surface area contributed by atoms with Crippen molar-refractivity contribution in [2.45, 2.75) is 26.9 Å². The Kier molecular flexibility index (Phi) is 7.82. The summed E-state index contributed by atoms with van der Waals surface area (Å²) in [6, 6.07) is 10.6. The van der Waals surface area contributed by atoms with Crippen LogP contribution in [0.4, 0.5) is 0 Å². The number of furan rings is 1. The molecule has 0 spiro atoms. The lowest BCUT2D eigenvalue weighted by molar-refractivity contribution is 0.0920. The van der Waals surface area contributed by atoms with Gasteiger partial charge in [0.1, 0.15) is 18.1 Å². The van der Waals surface area contributed by atoms with Gasteiger partial charge in [0.15, 0.2) is 5.76 Å². The molecule has 1 heterocycles. The van der Waals surface area contributed by atoms with E-state index in [0.717, 1.165) is 26.1 Å². The Labute approximate surface area is 153 Å². The van der Waals surface area contributed by atoms with E-state index in [1.165, 1.54) is 0 Å². The minimum absolute atomic E-state index is 0.200. The summed E-state index contributed by atoms with van der Waals surface area (Å²) in [6.45, 7) is 8.18. The van der Waals surface area contributed by atoms with E-state index in [9.17, 15) is 4.79 Å². The number of nitrogens with zero attached hydrogens (tertiary/aromatic N) is 1. The van der Waals surface area contributed by atoms with Crippen molar-refractivity contribution in [1.82, 2.24) is 10.2 Å². The fourth-order valence-corrected chi connectivity index (χ4v) is 2.60. The van der Waals surface area contributed by atoms with Crippen LogP contribution in [0, 0.1) is 0 Å². The maximum absolute atomic E-state index is 12.1. The molecule has 0 aliphatic carbocycles. The van der Waals surface area contributed by atoms with Gasteiger partial charge >= 0.3 is 0 Å². The lowest BCUT2D eigenvalue weighted by Gasteiger charge is -2.17. The molecule has 0 saturated carbocycles. The van der Waals surface area contributed by atoms with Gasteiger partial charge < -0.3 is 19.4 Å². The van der Waals surface area contributed by atoms with Crippen LogP contribution in [0.15, 0.2) is 40.8 Å². The lowest BCUT2D eigenvalue weighted by Crippen LogP contribution is -2.29. The number of ether oxygens (including phenoxy) is 1. The maximum atomic E-state index is 12.1. The first kappa shape index (κ1) is 19.3. The molecule has 0 unspecified atom stereocenters. The van der Waals surface area contributed by atoms with Crippen molar-refractivity contribution in [3.63, 3.8) is 0 Å². The number of benzene rings is 1. The standard InChI is InChI=1S/C19H25ClN2O3/c1-3-22(4-2)12-6-11-21-19(23)18-10-9-17(25-18)14-24-16-8-5-7-15(20)13-16/h5,7-10,13H,3-4,6,11-12,14H2,1-2H3,(H,21,23). The van der Waals surface area contributed by atoms with Gasteiger partial charge in [0.05, 0.1) is 0 Å². The smallest absolute Gasteiger partial charge is 0.286 e. The Balaban J connectivity index is 1.75. The zero-order chi connectivity index (χ0) is 18.1. The van der Waals surface area contributed by atoms with Crippen molar-refractivity contribution < 1.29 is 13.9 Å². The molecule has 1 aromatic carbocycles. The largest absolute Gasteiger partial charge is 0.486 e. The quantitative estimate of drug-likeness (QED) is 0.648. The summed E-state index contributed by atoms with van der Waals surface area (Å²) in [5, 5.41) is 3.49. The number of hydrogen-bond acceptors (Lipinski definition) is 4. The van der Waals surface area contributed by atoms with Crippen LogP contribution >= 0.6 is 11.6 Å². The monoisotopic (exact) mass is 364 g/mol. The zero-order valence-corrected chi connectivity index (χ0v) is 15.5. The summed E-state index contributed by atoms with van der Waals surface area (Å²) in [7, 11) is 0. The van der Waals surface area contributed by atoms with Crippen LogP contribution in [-0.2, 0) is 6.61 Å². The summed E-state index contributed by atoms with van der Waals surface area (Å²) in [5.41, 5.74) is 0. The highest BCUT2D eigenvalue weighted by Crippen LogP contribution is 2.19. The molecule has 25 heavy (non-hydrogen) atoms. The zero-order valence-electron chi connectivity index (χ0n) is 14.8. The Morgan fingerprint density at radius 3 is 2.76 bits per heavy atom. The Morgan fingerprint density at radius 2 is 2.04 bits per heavy atom. The van der Waals surface area contributed by atoms with Crippen LogP contribution in [0.3, 0.4) is 0 Å². The second-order valence-corrected chi connectivity index (χ2v) is 6.08. The molecule has 6 heteroatoms. The van der Waals surface area contributed by atoms with Crippen molar-refractivity contribution in [2.24, 2.45) is 0 Å². The number of hydrogen-bond donors (Lipinski definition) is 1. The number of nitrogens with one attached hydrogen (secondary N) is 1. The van der Waals surface area contributed by atoms with E-state index < -0.39 is 0 Å². The van der Waals surface area contributed by atoms with Crippen molar-refractivity contribution in [3.8, 4) is 5.75 Å². The third kappa shape index (κ3) is 6.44. The lowest BCUT2D eigenvalue weighted by atomic mass is 10.3. The van der Waals surface area contributed by atoms with E-state index in [4.69, 9.17) is 20.8 Å². The van der Waals surface area contributed by atoms with Gasteiger partial charge in [-0.25, -0.2) is 0 Å². The normalized spacial score (nSPS) is 10.9.